The maximum atomic E-state index is 12.7. The van der Waals surface area contributed by atoms with Crippen LogP contribution in [0.5, 0.6) is 0 Å². The van der Waals surface area contributed by atoms with Gasteiger partial charge in [-0.2, -0.15) is 4.31 Å². The zero-order valence-corrected chi connectivity index (χ0v) is 34.8. The first kappa shape index (κ1) is 49.3. The topological polar surface area (TPSA) is 381 Å². The van der Waals surface area contributed by atoms with Gasteiger partial charge < -0.3 is 50.9 Å². The van der Waals surface area contributed by atoms with Crippen molar-refractivity contribution in [2.24, 2.45) is 5.41 Å². The minimum absolute atomic E-state index is 0.0236. The van der Waals surface area contributed by atoms with Crippen LogP contribution in [-0.4, -0.2) is 128 Å². The highest BCUT2D eigenvalue weighted by Crippen LogP contribution is 2.61. The van der Waals surface area contributed by atoms with Crippen molar-refractivity contribution in [1.82, 2.24) is 30.2 Å². The fourth-order valence-electron chi connectivity index (χ4n) is 4.93. The van der Waals surface area contributed by atoms with Crippen LogP contribution in [0.3, 0.4) is 0 Å². The summed E-state index contributed by atoms with van der Waals surface area (Å²) in [6, 6.07) is 0. The van der Waals surface area contributed by atoms with Gasteiger partial charge in [-0.15, -0.1) is 0 Å². The molecule has 2 aromatic rings. The summed E-state index contributed by atoms with van der Waals surface area (Å²) in [6.07, 6.45) is -2.64. The third-order valence-electron chi connectivity index (χ3n) is 7.84. The van der Waals surface area contributed by atoms with Crippen LogP contribution in [0.25, 0.3) is 11.2 Å². The number of nitrogens with one attached hydrogen (secondary N) is 2. The van der Waals surface area contributed by atoms with E-state index < -0.39 is 84.6 Å². The number of allylic oxidation sites excluding steroid dienone is 2. The second-order valence-corrected chi connectivity index (χ2v) is 18.5. The number of ketones is 1. The van der Waals surface area contributed by atoms with E-state index in [1.807, 2.05) is 6.92 Å². The summed E-state index contributed by atoms with van der Waals surface area (Å²) in [5.74, 6) is -1.66. The number of amides is 2. The summed E-state index contributed by atoms with van der Waals surface area (Å²) < 4.78 is 62.1. The van der Waals surface area contributed by atoms with Crippen LogP contribution in [0, 0.1) is 5.41 Å². The Balaban J connectivity index is 1.46. The first-order valence-corrected chi connectivity index (χ1v) is 22.7. The highest BCUT2D eigenvalue weighted by Gasteiger charge is 2.50. The number of hydrogen-bond acceptors (Lipinski definition) is 19. The number of fused-ring (bicyclic) bond motifs is 1. The summed E-state index contributed by atoms with van der Waals surface area (Å²) in [7, 11) is -16.4. The van der Waals surface area contributed by atoms with Crippen LogP contribution < -0.4 is 16.4 Å². The predicted molar refractivity (Wildman–Crippen MR) is 201 cm³/mol. The van der Waals surface area contributed by atoms with Crippen molar-refractivity contribution in [3.8, 4) is 0 Å². The lowest BCUT2D eigenvalue weighted by molar-refractivity contribution is -0.137. The van der Waals surface area contributed by atoms with Crippen LogP contribution in [0.4, 0.5) is 5.82 Å². The van der Waals surface area contributed by atoms with E-state index in [0.717, 1.165) is 41.8 Å². The summed E-state index contributed by atoms with van der Waals surface area (Å²) >= 11 is 0.883. The molecule has 0 aliphatic carbocycles. The monoisotopic (exact) mass is 905 g/mol. The van der Waals surface area contributed by atoms with E-state index in [2.05, 4.69) is 34.4 Å². The van der Waals surface area contributed by atoms with Crippen molar-refractivity contribution in [3.63, 3.8) is 0 Å². The molecule has 7 atom stereocenters. The molecule has 1 fully saturated rings. The molecule has 0 aromatic carbocycles. The molecule has 2 aromatic heterocycles. The lowest BCUT2D eigenvalue weighted by Gasteiger charge is -2.30. The summed E-state index contributed by atoms with van der Waals surface area (Å²) in [6.45, 7) is 2.24. The molecule has 29 heteroatoms. The van der Waals surface area contributed by atoms with Gasteiger partial charge in [0.2, 0.25) is 11.8 Å². The van der Waals surface area contributed by atoms with Crippen molar-refractivity contribution < 1.29 is 85.3 Å². The number of phosphoric ester groups is 3. The van der Waals surface area contributed by atoms with Gasteiger partial charge in [-0.3, -0.25) is 37.3 Å². The van der Waals surface area contributed by atoms with Gasteiger partial charge in [0, 0.05) is 30.7 Å². The number of nitrogens with two attached hydrogens (primary N) is 1. The average molecular weight is 906 g/mol. The molecule has 58 heavy (non-hydrogen) atoms. The molecule has 2 amide bonds. The lowest BCUT2D eigenvalue weighted by Crippen LogP contribution is -2.46. The molecule has 3 rings (SSSR count). The Morgan fingerprint density at radius 2 is 1.76 bits per heavy atom. The normalized spacial score (nSPS) is 21.4. The SMILES string of the molecule is CCCC=CC(=O)CC(=O)SCCNC(=O)CCNC(=O)[C@H](O)C(C)(C)COP(=O)(O)OP(=O)(O)OC[C@H]1O[C@@H](n2cnc3c(N)ncnc32)[C@H](O)[C@@H]1OP(=O)(O)O. The Bertz CT molecular complexity index is 1950. The molecule has 2 unspecified atom stereocenters. The summed E-state index contributed by atoms with van der Waals surface area (Å²) in [5, 5.41) is 25.9. The van der Waals surface area contributed by atoms with Gasteiger partial charge in [-0.25, -0.2) is 28.6 Å². The molecule has 0 spiro atoms. The number of aliphatic hydroxyl groups excluding tert-OH is 2. The maximum absolute atomic E-state index is 12.7. The van der Waals surface area contributed by atoms with E-state index >= 15 is 0 Å². The number of rotatable bonds is 24. The molecule has 1 aliphatic rings. The number of unbranched alkanes of at least 4 members (excludes halogenated alkanes) is 1. The largest absolute Gasteiger partial charge is 0.481 e. The number of carbonyl (C=O) groups is 4. The molecule has 10 N–H and O–H groups in total. The van der Waals surface area contributed by atoms with Crippen LogP contribution in [0.1, 0.15) is 52.7 Å². The van der Waals surface area contributed by atoms with Crippen molar-refractivity contribution >= 4 is 74.9 Å². The van der Waals surface area contributed by atoms with Crippen molar-refractivity contribution in [2.75, 3.05) is 37.8 Å². The van der Waals surface area contributed by atoms with Gasteiger partial charge in [0.05, 0.1) is 26.0 Å². The number of nitrogens with zero attached hydrogens (tertiary/aromatic N) is 4. The number of aliphatic hydroxyl groups is 2. The Morgan fingerprint density at radius 3 is 2.43 bits per heavy atom. The van der Waals surface area contributed by atoms with Crippen LogP contribution in [0.15, 0.2) is 24.8 Å². The molecular weight excluding hydrogens is 859 g/mol. The number of anilines is 1. The van der Waals surface area contributed by atoms with E-state index in [-0.39, 0.29) is 59.6 Å². The Morgan fingerprint density at radius 1 is 1.07 bits per heavy atom. The zero-order valence-electron chi connectivity index (χ0n) is 31.3. The minimum Gasteiger partial charge on any atom is -0.386 e. The van der Waals surface area contributed by atoms with Gasteiger partial charge in [-0.05, 0) is 12.5 Å². The summed E-state index contributed by atoms with van der Waals surface area (Å²) in [4.78, 5) is 99.2. The second-order valence-electron chi connectivity index (χ2n) is 13.1. The fourth-order valence-corrected chi connectivity index (χ4v) is 8.43. The molecule has 0 saturated carbocycles. The van der Waals surface area contributed by atoms with E-state index in [4.69, 9.17) is 19.5 Å². The molecule has 0 bridgehead atoms. The second kappa shape index (κ2) is 21.5. The fraction of sp³-hybridized carbons (Fsp3) is 0.621. The predicted octanol–water partition coefficient (Wildman–Crippen LogP) is -0.0198. The van der Waals surface area contributed by atoms with Gasteiger partial charge in [0.15, 0.2) is 28.6 Å². The standard InChI is InChI=1S/C29H46N7O18P3S/c1-4-5-6-7-17(37)12-20(39)58-11-10-31-19(38)8-9-32-27(42)24(41)29(2,3)14-51-57(48,49)54-56(46,47)50-13-18-23(53-55(43,44)45)22(40)28(52-18)36-16-35-21-25(30)33-15-34-26(21)36/h6-7,15-16,18,22-24,28,40-41H,4-5,8-14H2,1-3H3,(H,31,38)(H,32,42)(H,46,47)(H,48,49)(H2,30,33,34)(H2,43,44,45)/t18-,22-,23-,24+,28-/m1/s1. The molecule has 1 saturated heterocycles. The average Bonchev–Trinajstić information content (AvgIpc) is 3.68. The number of aromatic nitrogens is 4. The molecule has 1 aliphatic heterocycles. The number of thioether (sulfide) groups is 1. The number of phosphoric acid groups is 3. The Kier molecular flexibility index (Phi) is 18.3. The van der Waals surface area contributed by atoms with Crippen LogP contribution >= 0.6 is 35.2 Å². The van der Waals surface area contributed by atoms with Gasteiger partial charge in [-0.1, -0.05) is 45.0 Å². The molecule has 25 nitrogen and oxygen atoms in total. The lowest BCUT2D eigenvalue weighted by atomic mass is 9.87. The van der Waals surface area contributed by atoms with Gasteiger partial charge in [0.25, 0.3) is 0 Å². The van der Waals surface area contributed by atoms with Crippen molar-refractivity contribution in [2.45, 2.75) is 77.1 Å². The molecule has 326 valence electrons. The van der Waals surface area contributed by atoms with Gasteiger partial charge >= 0.3 is 23.5 Å². The van der Waals surface area contributed by atoms with Crippen LogP contribution in [0.2, 0.25) is 0 Å². The highest BCUT2D eigenvalue weighted by molar-refractivity contribution is 8.13. The molecular formula is C29H46N7O18P3S. The van der Waals surface area contributed by atoms with E-state index in [1.54, 1.807) is 6.08 Å². The first-order valence-electron chi connectivity index (χ1n) is 17.2. The number of nitrogen functional groups attached to an aromatic ring is 1. The number of hydrogen-bond donors (Lipinski definition) is 9. The van der Waals surface area contributed by atoms with E-state index in [1.165, 1.54) is 19.9 Å². The smallest absolute Gasteiger partial charge is 0.386 e. The number of ether oxygens (including phenoxy) is 1. The third kappa shape index (κ3) is 15.5. The summed E-state index contributed by atoms with van der Waals surface area (Å²) in [5.41, 5.74) is 4.22. The third-order valence-corrected chi connectivity index (χ3v) is 11.8. The van der Waals surface area contributed by atoms with E-state index in [9.17, 15) is 62.7 Å². The minimum atomic E-state index is -5.58. The quantitative estimate of drug-likeness (QED) is 0.0289. The Hall–Kier alpha value is -3.03. The van der Waals surface area contributed by atoms with Crippen molar-refractivity contribution in [3.05, 3.63) is 24.8 Å². The zero-order chi connectivity index (χ0) is 43.5. The molecule has 0 radical (unpaired) electrons. The number of carbonyl (C=O) groups excluding carboxylic acids is 4. The number of imidazole rings is 1. The van der Waals surface area contributed by atoms with Gasteiger partial charge in [0.1, 0.15) is 36.3 Å². The maximum Gasteiger partial charge on any atom is 0.481 e. The van der Waals surface area contributed by atoms with E-state index in [0.29, 0.717) is 0 Å². The molecule has 3 heterocycles. The van der Waals surface area contributed by atoms with Crippen molar-refractivity contribution in [1.29, 1.82) is 0 Å². The van der Waals surface area contributed by atoms with Crippen LogP contribution in [-0.2, 0) is 55.5 Å². The Labute approximate surface area is 334 Å². The first-order chi connectivity index (χ1) is 26.9. The highest BCUT2D eigenvalue weighted by atomic mass is 32.2.